The van der Waals surface area contributed by atoms with Gasteiger partial charge in [-0.3, -0.25) is 0 Å². The maximum absolute atomic E-state index is 6.01. The minimum Gasteiger partial charge on any atom is -0.375 e. The summed E-state index contributed by atoms with van der Waals surface area (Å²) in [6.07, 6.45) is 4.38. The molecule has 3 nitrogen and oxygen atoms in total. The zero-order chi connectivity index (χ0) is 13.9. The molecule has 0 bridgehead atoms. The van der Waals surface area contributed by atoms with Gasteiger partial charge in [-0.05, 0) is 44.0 Å². The van der Waals surface area contributed by atoms with E-state index in [0.717, 1.165) is 28.9 Å². The van der Waals surface area contributed by atoms with Crippen molar-refractivity contribution in [2.75, 3.05) is 23.3 Å². The second kappa shape index (κ2) is 6.02. The molecule has 0 aliphatic carbocycles. The third-order valence-corrected chi connectivity index (χ3v) is 5.00. The summed E-state index contributed by atoms with van der Waals surface area (Å²) in [7, 11) is 0. The molecule has 1 atom stereocenters. The third-order valence-electron chi connectivity index (χ3n) is 3.59. The number of anilines is 2. The fourth-order valence-corrected chi connectivity index (χ4v) is 3.62. The number of nitrogens with one attached hydrogen (secondary N) is 1. The summed E-state index contributed by atoms with van der Waals surface area (Å²) in [6, 6.07) is 8.35. The Morgan fingerprint density at radius 3 is 2.80 bits per heavy atom. The molecule has 2 aromatic heterocycles. The van der Waals surface area contributed by atoms with E-state index in [2.05, 4.69) is 34.3 Å². The van der Waals surface area contributed by atoms with E-state index in [1.807, 2.05) is 18.3 Å². The summed E-state index contributed by atoms with van der Waals surface area (Å²) < 4.78 is 0.833. The van der Waals surface area contributed by atoms with Crippen molar-refractivity contribution in [3.63, 3.8) is 0 Å². The number of pyridine rings is 1. The van der Waals surface area contributed by atoms with Crippen LogP contribution in [0, 0.1) is 0 Å². The van der Waals surface area contributed by atoms with Crippen LogP contribution in [0.2, 0.25) is 4.34 Å². The molecule has 1 aliphatic rings. The Labute approximate surface area is 128 Å². The van der Waals surface area contributed by atoms with Crippen LogP contribution >= 0.6 is 22.9 Å². The lowest BCUT2D eigenvalue weighted by Gasteiger charge is -2.22. The standard InChI is InChI=1S/C15H18ClN3S/c1-11(13-6-7-14(16)20-13)18-12-5-4-8-17-15(12)19-9-2-3-10-19/h4-8,11,18H,2-3,9-10H2,1H3. The lowest BCUT2D eigenvalue weighted by atomic mass is 10.2. The Balaban J connectivity index is 1.79. The molecule has 1 N–H and O–H groups in total. The molecule has 1 unspecified atom stereocenters. The average molecular weight is 308 g/mol. The molecule has 3 heterocycles. The largest absolute Gasteiger partial charge is 0.375 e. The number of nitrogens with zero attached hydrogens (tertiary/aromatic N) is 2. The highest BCUT2D eigenvalue weighted by atomic mass is 35.5. The molecule has 2 aromatic rings. The average Bonchev–Trinajstić information content (AvgIpc) is 3.10. The van der Waals surface area contributed by atoms with Crippen LogP contribution in [0.25, 0.3) is 0 Å². The van der Waals surface area contributed by atoms with Crippen molar-refractivity contribution in [3.05, 3.63) is 39.7 Å². The van der Waals surface area contributed by atoms with Crippen molar-refractivity contribution in [3.8, 4) is 0 Å². The SMILES string of the molecule is CC(Nc1cccnc1N1CCCC1)c1ccc(Cl)s1. The first-order valence-electron chi connectivity index (χ1n) is 6.96. The molecule has 20 heavy (non-hydrogen) atoms. The van der Waals surface area contributed by atoms with Crippen LogP contribution in [0.3, 0.4) is 0 Å². The summed E-state index contributed by atoms with van der Waals surface area (Å²) in [6.45, 7) is 4.36. The number of hydrogen-bond donors (Lipinski definition) is 1. The Morgan fingerprint density at radius 1 is 1.30 bits per heavy atom. The summed E-state index contributed by atoms with van der Waals surface area (Å²) in [4.78, 5) is 8.15. The fourth-order valence-electron chi connectivity index (χ4n) is 2.56. The predicted octanol–water partition coefficient (Wildman–Crippen LogP) is 4.57. The van der Waals surface area contributed by atoms with Crippen LogP contribution in [0.1, 0.15) is 30.7 Å². The van der Waals surface area contributed by atoms with Crippen LogP contribution in [0.15, 0.2) is 30.5 Å². The molecule has 3 rings (SSSR count). The minimum absolute atomic E-state index is 0.234. The van der Waals surface area contributed by atoms with E-state index in [0.29, 0.717) is 0 Å². The number of thiophene rings is 1. The van der Waals surface area contributed by atoms with Gasteiger partial charge in [0.2, 0.25) is 0 Å². The summed E-state index contributed by atoms with van der Waals surface area (Å²) in [5.74, 6) is 1.07. The van der Waals surface area contributed by atoms with Crippen molar-refractivity contribution in [1.82, 2.24) is 4.98 Å². The maximum Gasteiger partial charge on any atom is 0.151 e. The maximum atomic E-state index is 6.01. The summed E-state index contributed by atoms with van der Waals surface area (Å²) >= 11 is 7.63. The highest BCUT2D eigenvalue weighted by Crippen LogP contribution is 2.32. The molecule has 0 spiro atoms. The molecule has 1 fully saturated rings. The van der Waals surface area contributed by atoms with Gasteiger partial charge in [-0.2, -0.15) is 0 Å². The molecule has 106 valence electrons. The molecule has 1 saturated heterocycles. The van der Waals surface area contributed by atoms with Crippen molar-refractivity contribution in [2.24, 2.45) is 0 Å². The Bertz CT molecular complexity index is 578. The van der Waals surface area contributed by atoms with Crippen LogP contribution in [-0.2, 0) is 0 Å². The third kappa shape index (κ3) is 2.91. The second-order valence-corrected chi connectivity index (χ2v) is 6.82. The quantitative estimate of drug-likeness (QED) is 0.897. The normalized spacial score (nSPS) is 16.4. The van der Waals surface area contributed by atoms with Gasteiger partial charge < -0.3 is 10.2 Å². The number of aromatic nitrogens is 1. The Hall–Kier alpha value is -1.26. The van der Waals surface area contributed by atoms with Gasteiger partial charge in [0.05, 0.1) is 16.1 Å². The monoisotopic (exact) mass is 307 g/mol. The number of hydrogen-bond acceptors (Lipinski definition) is 4. The lowest BCUT2D eigenvalue weighted by Crippen LogP contribution is -2.21. The smallest absolute Gasteiger partial charge is 0.151 e. The van der Waals surface area contributed by atoms with E-state index >= 15 is 0 Å². The van der Waals surface area contributed by atoms with Gasteiger partial charge in [-0.1, -0.05) is 11.6 Å². The predicted molar refractivity (Wildman–Crippen MR) is 87.1 cm³/mol. The highest BCUT2D eigenvalue weighted by molar-refractivity contribution is 7.16. The summed E-state index contributed by atoms with van der Waals surface area (Å²) in [5.41, 5.74) is 1.10. The Kier molecular flexibility index (Phi) is 4.13. The van der Waals surface area contributed by atoms with Gasteiger partial charge in [-0.25, -0.2) is 4.98 Å². The van der Waals surface area contributed by atoms with Gasteiger partial charge in [-0.15, -0.1) is 11.3 Å². The Morgan fingerprint density at radius 2 is 2.10 bits per heavy atom. The van der Waals surface area contributed by atoms with Crippen LogP contribution < -0.4 is 10.2 Å². The molecule has 5 heteroatoms. The molecule has 0 amide bonds. The second-order valence-electron chi connectivity index (χ2n) is 5.08. The van der Waals surface area contributed by atoms with Crippen molar-refractivity contribution >= 4 is 34.4 Å². The van der Waals surface area contributed by atoms with Gasteiger partial charge in [0.25, 0.3) is 0 Å². The lowest BCUT2D eigenvalue weighted by molar-refractivity contribution is 0.888. The van der Waals surface area contributed by atoms with E-state index in [9.17, 15) is 0 Å². The van der Waals surface area contributed by atoms with Crippen molar-refractivity contribution < 1.29 is 0 Å². The molecule has 0 aromatic carbocycles. The first-order valence-corrected chi connectivity index (χ1v) is 8.15. The van der Waals surface area contributed by atoms with Gasteiger partial charge in [0, 0.05) is 24.2 Å². The fraction of sp³-hybridized carbons (Fsp3) is 0.400. The molecule has 0 radical (unpaired) electrons. The molecule has 0 saturated carbocycles. The van der Waals surface area contributed by atoms with E-state index in [1.165, 1.54) is 17.7 Å². The zero-order valence-corrected chi connectivity index (χ0v) is 13.0. The van der Waals surface area contributed by atoms with E-state index in [-0.39, 0.29) is 6.04 Å². The van der Waals surface area contributed by atoms with Crippen LogP contribution in [-0.4, -0.2) is 18.1 Å². The van der Waals surface area contributed by atoms with E-state index in [1.54, 1.807) is 11.3 Å². The molecular weight excluding hydrogens is 290 g/mol. The zero-order valence-electron chi connectivity index (χ0n) is 11.5. The van der Waals surface area contributed by atoms with Crippen molar-refractivity contribution in [2.45, 2.75) is 25.8 Å². The topological polar surface area (TPSA) is 28.2 Å². The van der Waals surface area contributed by atoms with Gasteiger partial charge in [0.1, 0.15) is 0 Å². The van der Waals surface area contributed by atoms with Crippen molar-refractivity contribution in [1.29, 1.82) is 0 Å². The van der Waals surface area contributed by atoms with Gasteiger partial charge >= 0.3 is 0 Å². The van der Waals surface area contributed by atoms with E-state index in [4.69, 9.17) is 11.6 Å². The highest BCUT2D eigenvalue weighted by Gasteiger charge is 2.18. The molecule has 1 aliphatic heterocycles. The summed E-state index contributed by atoms with van der Waals surface area (Å²) in [5, 5.41) is 3.56. The number of rotatable bonds is 4. The first kappa shape index (κ1) is 13.7. The number of halogens is 1. The minimum atomic E-state index is 0.234. The van der Waals surface area contributed by atoms with Crippen LogP contribution in [0.4, 0.5) is 11.5 Å². The van der Waals surface area contributed by atoms with Crippen LogP contribution in [0.5, 0.6) is 0 Å². The first-order chi connectivity index (χ1) is 9.74. The molecular formula is C15H18ClN3S. The van der Waals surface area contributed by atoms with Gasteiger partial charge in [0.15, 0.2) is 5.82 Å². The van der Waals surface area contributed by atoms with E-state index < -0.39 is 0 Å².